The van der Waals surface area contributed by atoms with E-state index in [0.717, 1.165) is 61.8 Å². The van der Waals surface area contributed by atoms with Gasteiger partial charge in [0.25, 0.3) is 0 Å². The first-order valence-corrected chi connectivity index (χ1v) is 28.5. The summed E-state index contributed by atoms with van der Waals surface area (Å²) in [5.74, 6) is 0. The van der Waals surface area contributed by atoms with Crippen molar-refractivity contribution in [3.05, 3.63) is 216 Å². The number of hydrogen-bond donors (Lipinski definition) is 0. The zero-order chi connectivity index (χ0) is 55.7. The molecule has 2 aliphatic rings. The lowest BCUT2D eigenvalue weighted by atomic mass is 9.43. The lowest BCUT2D eigenvalue weighted by molar-refractivity contribution is 0.590. The Morgan fingerprint density at radius 3 is 1.44 bits per heavy atom. The van der Waals surface area contributed by atoms with E-state index in [1.165, 1.54) is 66.7 Å². The fourth-order valence-corrected chi connectivity index (χ4v) is 12.1. The normalized spacial score (nSPS) is 13.7. The summed E-state index contributed by atoms with van der Waals surface area (Å²) in [4.78, 5) is 7.71. The molecule has 0 saturated carbocycles. The van der Waals surface area contributed by atoms with E-state index < -0.39 is 0 Å². The van der Waals surface area contributed by atoms with Crippen molar-refractivity contribution in [3.63, 3.8) is 0 Å². The first-order valence-electron chi connectivity index (χ1n) is 28.5. The lowest BCUT2D eigenvalue weighted by Crippen LogP contribution is -2.61. The van der Waals surface area contributed by atoms with Crippen LogP contribution in [0.15, 0.2) is 192 Å². The largest absolute Gasteiger partial charge is 0.456 e. The van der Waals surface area contributed by atoms with Crippen molar-refractivity contribution in [2.24, 2.45) is 0 Å². The molecular weight excluding hydrogens is 958 g/mol. The van der Waals surface area contributed by atoms with Crippen molar-refractivity contribution in [1.82, 2.24) is 0 Å². The zero-order valence-electron chi connectivity index (χ0n) is 49.2. The monoisotopic (exact) mass is 1030 g/mol. The van der Waals surface area contributed by atoms with Crippen LogP contribution < -0.4 is 25.5 Å². The van der Waals surface area contributed by atoms with Crippen LogP contribution in [0, 0.1) is 0 Å². The maximum absolute atomic E-state index is 6.90. The highest BCUT2D eigenvalue weighted by atomic mass is 16.3. The van der Waals surface area contributed by atoms with Gasteiger partial charge in [-0.25, -0.2) is 0 Å². The SMILES string of the molecule is CC(C)(C)c1ccc(N2B3c4cc5oc6ccccc6c5cc4N(c4ccc(C(C)(C)C)cc4-c4ccccc4)c4cc(C(C)(C)C)cc(c43)-c3cc(N(c4ccc(C(C)(C)C)cc4)c4ccc(C(C)(C)C)cc4)ccc32)cc1. The molecule has 0 amide bonds. The molecule has 1 aromatic heterocycles. The molecule has 0 radical (unpaired) electrons. The van der Waals surface area contributed by atoms with E-state index in [-0.39, 0.29) is 33.9 Å². The second-order valence-corrected chi connectivity index (χ2v) is 27.6. The number of nitrogens with zero attached hydrogens (tertiary/aromatic N) is 3. The first kappa shape index (κ1) is 52.0. The highest BCUT2D eigenvalue weighted by Gasteiger charge is 2.47. The minimum Gasteiger partial charge on any atom is -0.456 e. The topological polar surface area (TPSA) is 22.9 Å². The molecule has 2 aliphatic heterocycles. The van der Waals surface area contributed by atoms with E-state index in [4.69, 9.17) is 4.42 Å². The van der Waals surface area contributed by atoms with Crippen molar-refractivity contribution >= 4 is 85.2 Å². The number of anilines is 8. The molecule has 5 heteroatoms. The summed E-state index contributed by atoms with van der Waals surface area (Å²) in [6, 6.07) is 71.7. The van der Waals surface area contributed by atoms with Crippen LogP contribution in [0.2, 0.25) is 0 Å². The van der Waals surface area contributed by atoms with Crippen molar-refractivity contribution in [1.29, 1.82) is 0 Å². The van der Waals surface area contributed by atoms with Crippen LogP contribution in [0.25, 0.3) is 44.2 Å². The summed E-state index contributed by atoms with van der Waals surface area (Å²) in [7, 11) is 0. The van der Waals surface area contributed by atoms with Gasteiger partial charge in [0.2, 0.25) is 0 Å². The molecule has 3 heterocycles. The molecule has 4 nitrogen and oxygen atoms in total. The van der Waals surface area contributed by atoms with Crippen LogP contribution in [0.3, 0.4) is 0 Å². The van der Waals surface area contributed by atoms with Gasteiger partial charge in [0.15, 0.2) is 0 Å². The summed E-state index contributed by atoms with van der Waals surface area (Å²) in [6.45, 7) is 34.5. The van der Waals surface area contributed by atoms with Gasteiger partial charge in [-0.2, -0.15) is 0 Å². The van der Waals surface area contributed by atoms with Crippen molar-refractivity contribution in [2.45, 2.75) is 131 Å². The van der Waals surface area contributed by atoms with Gasteiger partial charge >= 0.3 is 6.85 Å². The Morgan fingerprint density at radius 2 is 0.861 bits per heavy atom. The standard InChI is InChI=1S/C74H76BN3O/c1-70(2,3)48-25-32-53(33-26-48)76(54-34-27-49(28-35-54)71(4,5)6)56-38-40-64-59(44-56)61-42-52(74(13,14)15)43-66-69(61)75(78(64)55-36-29-50(30-37-55)72(7,8)9)62-46-68-60(57-23-19-20-24-67(57)79-68)45-65(62)77(66)63-39-31-51(73(10,11)12)41-58(63)47-21-17-16-18-22-47/h16-46H,1-15H3. The van der Waals surface area contributed by atoms with Crippen LogP contribution in [-0.2, 0) is 27.1 Å². The fraction of sp³-hybridized carbons (Fsp3) is 0.270. The number of hydrogen-bond acceptors (Lipinski definition) is 4. The maximum atomic E-state index is 6.90. The van der Waals surface area contributed by atoms with Crippen LogP contribution in [0.5, 0.6) is 0 Å². The van der Waals surface area contributed by atoms with Crippen LogP contribution >= 0.6 is 0 Å². The molecule has 0 atom stereocenters. The van der Waals surface area contributed by atoms with E-state index in [1.54, 1.807) is 0 Å². The van der Waals surface area contributed by atoms with Crippen LogP contribution in [0.4, 0.5) is 45.5 Å². The highest BCUT2D eigenvalue weighted by molar-refractivity contribution is 6.93. The summed E-state index contributed by atoms with van der Waals surface area (Å²) in [5.41, 5.74) is 24.4. The van der Waals surface area contributed by atoms with Crippen molar-refractivity contribution in [3.8, 4) is 22.3 Å². The van der Waals surface area contributed by atoms with Gasteiger partial charge in [0, 0.05) is 61.7 Å². The number of para-hydroxylation sites is 1. The molecule has 0 bridgehead atoms. The predicted molar refractivity (Wildman–Crippen MR) is 341 cm³/mol. The van der Waals surface area contributed by atoms with E-state index in [0.29, 0.717) is 0 Å². The van der Waals surface area contributed by atoms with Gasteiger partial charge in [-0.3, -0.25) is 0 Å². The molecule has 12 rings (SSSR count). The Hall–Kier alpha value is -7.76. The van der Waals surface area contributed by atoms with Gasteiger partial charge in [0.05, 0.1) is 5.69 Å². The van der Waals surface area contributed by atoms with Gasteiger partial charge in [0.1, 0.15) is 11.2 Å². The smallest absolute Gasteiger partial charge is 0.333 e. The third kappa shape index (κ3) is 9.13. The molecule has 10 aromatic rings. The van der Waals surface area contributed by atoms with Gasteiger partial charge in [-0.05, 0) is 168 Å². The van der Waals surface area contributed by atoms with Gasteiger partial charge in [-0.15, -0.1) is 0 Å². The lowest BCUT2D eigenvalue weighted by Gasteiger charge is -2.47. The second kappa shape index (κ2) is 18.4. The molecule has 79 heavy (non-hydrogen) atoms. The zero-order valence-corrected chi connectivity index (χ0v) is 49.2. The minimum absolute atomic E-state index is 0.0141. The minimum atomic E-state index is -0.221. The van der Waals surface area contributed by atoms with E-state index >= 15 is 0 Å². The van der Waals surface area contributed by atoms with E-state index in [2.05, 4.69) is 307 Å². The summed E-state index contributed by atoms with van der Waals surface area (Å²) in [6.07, 6.45) is 0. The molecule has 0 aliphatic carbocycles. The Labute approximate surface area is 470 Å². The average molecular weight is 1030 g/mol. The summed E-state index contributed by atoms with van der Waals surface area (Å²) >= 11 is 0. The third-order valence-electron chi connectivity index (χ3n) is 16.8. The molecule has 0 N–H and O–H groups in total. The van der Waals surface area contributed by atoms with E-state index in [1.807, 2.05) is 0 Å². The maximum Gasteiger partial charge on any atom is 0.333 e. The van der Waals surface area contributed by atoms with E-state index in [9.17, 15) is 0 Å². The van der Waals surface area contributed by atoms with Crippen molar-refractivity contribution < 1.29 is 4.42 Å². The van der Waals surface area contributed by atoms with Crippen LogP contribution in [0.1, 0.15) is 132 Å². The molecule has 0 saturated heterocycles. The molecule has 0 unspecified atom stereocenters. The molecule has 396 valence electrons. The quantitative estimate of drug-likeness (QED) is 0.155. The van der Waals surface area contributed by atoms with Crippen molar-refractivity contribution in [2.75, 3.05) is 14.6 Å². The Kier molecular flexibility index (Phi) is 12.1. The molecular formula is C74H76BN3O. The first-order chi connectivity index (χ1) is 37.3. The molecule has 0 fully saturated rings. The van der Waals surface area contributed by atoms with Gasteiger partial charge < -0.3 is 19.0 Å². The Bertz CT molecular complexity index is 3910. The molecule has 9 aromatic carbocycles. The second-order valence-electron chi connectivity index (χ2n) is 27.6. The third-order valence-corrected chi connectivity index (χ3v) is 16.8. The Morgan fingerprint density at radius 1 is 0.354 bits per heavy atom. The highest BCUT2D eigenvalue weighted by Crippen LogP contribution is 2.52. The number of benzene rings is 9. The van der Waals surface area contributed by atoms with Gasteiger partial charge in [-0.1, -0.05) is 201 Å². The average Bonchev–Trinajstić information content (AvgIpc) is 3.07. The Balaban J connectivity index is 1.20. The number of furan rings is 1. The fourth-order valence-electron chi connectivity index (χ4n) is 12.1. The van der Waals surface area contributed by atoms with Crippen LogP contribution in [-0.4, -0.2) is 6.85 Å². The summed E-state index contributed by atoms with van der Waals surface area (Å²) < 4.78 is 6.90. The summed E-state index contributed by atoms with van der Waals surface area (Å²) in [5, 5.41) is 2.22. The molecule has 0 spiro atoms. The predicted octanol–water partition coefficient (Wildman–Crippen LogP) is 19.9. The number of rotatable bonds is 6. The number of fused-ring (bicyclic) bond motifs is 7.